The molecular formula is C11H15BrClN. The monoisotopic (exact) mass is 275 g/mol. The summed E-state index contributed by atoms with van der Waals surface area (Å²) in [6.07, 6.45) is 0.954. The summed E-state index contributed by atoms with van der Waals surface area (Å²) in [5.74, 6) is 0.678. The second-order valence-corrected chi connectivity index (χ2v) is 4.61. The van der Waals surface area contributed by atoms with Crippen molar-refractivity contribution in [2.75, 3.05) is 12.9 Å². The molecule has 0 fully saturated rings. The van der Waals surface area contributed by atoms with Gasteiger partial charge >= 0.3 is 0 Å². The van der Waals surface area contributed by atoms with Crippen molar-refractivity contribution >= 4 is 27.5 Å². The number of hydrogen-bond acceptors (Lipinski definition) is 1. The topological polar surface area (TPSA) is 12.0 Å². The van der Waals surface area contributed by atoms with Crippen LogP contribution in [-0.2, 0) is 0 Å². The second kappa shape index (κ2) is 5.74. The second-order valence-electron chi connectivity index (χ2n) is 3.32. The van der Waals surface area contributed by atoms with Gasteiger partial charge in [0.25, 0.3) is 0 Å². The van der Waals surface area contributed by atoms with Gasteiger partial charge in [0.1, 0.15) is 0 Å². The molecule has 0 heterocycles. The van der Waals surface area contributed by atoms with Gasteiger partial charge in [-0.1, -0.05) is 22.0 Å². The maximum Gasteiger partial charge on any atom is 0.0331 e. The Bertz CT molecular complexity index is 301. The molecule has 1 aromatic carbocycles. The van der Waals surface area contributed by atoms with E-state index < -0.39 is 0 Å². The molecule has 14 heavy (non-hydrogen) atoms. The summed E-state index contributed by atoms with van der Waals surface area (Å²) in [5.41, 5.74) is 2.63. The van der Waals surface area contributed by atoms with Gasteiger partial charge in [-0.3, -0.25) is 0 Å². The molecule has 1 N–H and O–H groups in total. The Balaban J connectivity index is 2.96. The van der Waals surface area contributed by atoms with Crippen LogP contribution >= 0.6 is 27.5 Å². The van der Waals surface area contributed by atoms with Crippen LogP contribution < -0.4 is 5.32 Å². The first-order valence-corrected chi connectivity index (χ1v) is 6.01. The van der Waals surface area contributed by atoms with Gasteiger partial charge in [-0.25, -0.2) is 0 Å². The highest BCUT2D eigenvalue weighted by Gasteiger charge is 2.10. The highest BCUT2D eigenvalue weighted by Crippen LogP contribution is 2.24. The number of alkyl halides is 1. The lowest BCUT2D eigenvalue weighted by Gasteiger charge is -2.17. The van der Waals surface area contributed by atoms with Gasteiger partial charge < -0.3 is 5.32 Å². The highest BCUT2D eigenvalue weighted by atomic mass is 79.9. The lowest BCUT2D eigenvalue weighted by Crippen LogP contribution is -2.17. The molecule has 0 aromatic heterocycles. The lowest BCUT2D eigenvalue weighted by molar-refractivity contribution is 0.576. The van der Waals surface area contributed by atoms with E-state index in [2.05, 4.69) is 46.4 Å². The number of aryl methyl sites for hydroxylation is 1. The van der Waals surface area contributed by atoms with Crippen molar-refractivity contribution in [3.63, 3.8) is 0 Å². The minimum Gasteiger partial charge on any atom is -0.313 e. The van der Waals surface area contributed by atoms with E-state index in [4.69, 9.17) is 11.6 Å². The van der Waals surface area contributed by atoms with Gasteiger partial charge in [0.2, 0.25) is 0 Å². The van der Waals surface area contributed by atoms with Crippen molar-refractivity contribution in [2.45, 2.75) is 19.4 Å². The Morgan fingerprint density at radius 1 is 1.50 bits per heavy atom. The maximum absolute atomic E-state index is 5.77. The van der Waals surface area contributed by atoms with Gasteiger partial charge in [0, 0.05) is 16.4 Å². The first kappa shape index (κ1) is 12.0. The average Bonchev–Trinajstić information content (AvgIpc) is 2.18. The van der Waals surface area contributed by atoms with Crippen LogP contribution in [0.4, 0.5) is 0 Å². The van der Waals surface area contributed by atoms with Crippen LogP contribution in [0.3, 0.4) is 0 Å². The van der Waals surface area contributed by atoms with Crippen LogP contribution in [0, 0.1) is 6.92 Å². The SMILES string of the molecule is CNC(CCCl)c1cc(Br)ccc1C. The molecule has 1 rings (SSSR count). The predicted octanol–water partition coefficient (Wildman–Crippen LogP) is 3.65. The summed E-state index contributed by atoms with van der Waals surface area (Å²) >= 11 is 9.25. The molecule has 0 aliphatic carbocycles. The van der Waals surface area contributed by atoms with Crippen molar-refractivity contribution in [3.05, 3.63) is 33.8 Å². The summed E-state index contributed by atoms with van der Waals surface area (Å²) in [6, 6.07) is 6.69. The number of hydrogen-bond donors (Lipinski definition) is 1. The van der Waals surface area contributed by atoms with E-state index in [0.717, 1.165) is 10.9 Å². The molecule has 0 saturated carbocycles. The zero-order valence-corrected chi connectivity index (χ0v) is 10.8. The Kier molecular flexibility index (Phi) is 4.93. The molecule has 1 aromatic rings. The lowest BCUT2D eigenvalue weighted by atomic mass is 10.00. The first-order valence-electron chi connectivity index (χ1n) is 4.68. The quantitative estimate of drug-likeness (QED) is 0.828. The van der Waals surface area contributed by atoms with Crippen LogP contribution in [-0.4, -0.2) is 12.9 Å². The molecule has 1 unspecified atom stereocenters. The third kappa shape index (κ3) is 2.97. The van der Waals surface area contributed by atoms with Gasteiger partial charge in [0.05, 0.1) is 0 Å². The number of nitrogens with one attached hydrogen (secondary N) is 1. The maximum atomic E-state index is 5.77. The Morgan fingerprint density at radius 3 is 2.79 bits per heavy atom. The Morgan fingerprint density at radius 2 is 2.21 bits per heavy atom. The van der Waals surface area contributed by atoms with E-state index in [9.17, 15) is 0 Å². The van der Waals surface area contributed by atoms with Crippen molar-refractivity contribution in [1.29, 1.82) is 0 Å². The number of halogens is 2. The van der Waals surface area contributed by atoms with Crippen LogP contribution in [0.2, 0.25) is 0 Å². The van der Waals surface area contributed by atoms with E-state index in [1.807, 2.05) is 7.05 Å². The minimum atomic E-state index is 0.352. The smallest absolute Gasteiger partial charge is 0.0331 e. The van der Waals surface area contributed by atoms with E-state index in [0.29, 0.717) is 11.9 Å². The number of rotatable bonds is 4. The van der Waals surface area contributed by atoms with E-state index in [1.165, 1.54) is 11.1 Å². The van der Waals surface area contributed by atoms with Gasteiger partial charge in [-0.15, -0.1) is 11.6 Å². The van der Waals surface area contributed by atoms with Crippen LogP contribution in [0.15, 0.2) is 22.7 Å². The van der Waals surface area contributed by atoms with Crippen molar-refractivity contribution in [2.24, 2.45) is 0 Å². The van der Waals surface area contributed by atoms with Gasteiger partial charge in [-0.05, 0) is 43.7 Å². The van der Waals surface area contributed by atoms with E-state index >= 15 is 0 Å². The van der Waals surface area contributed by atoms with Crippen LogP contribution in [0.5, 0.6) is 0 Å². The third-order valence-electron chi connectivity index (χ3n) is 2.36. The van der Waals surface area contributed by atoms with E-state index in [1.54, 1.807) is 0 Å². The molecule has 0 bridgehead atoms. The molecule has 0 aliphatic heterocycles. The molecular weight excluding hydrogens is 261 g/mol. The zero-order valence-electron chi connectivity index (χ0n) is 8.48. The number of benzene rings is 1. The summed E-state index contributed by atoms with van der Waals surface area (Å²) in [7, 11) is 1.97. The van der Waals surface area contributed by atoms with E-state index in [-0.39, 0.29) is 0 Å². The molecule has 1 nitrogen and oxygen atoms in total. The first-order chi connectivity index (χ1) is 6.69. The molecule has 78 valence electrons. The fraction of sp³-hybridized carbons (Fsp3) is 0.455. The van der Waals surface area contributed by atoms with Gasteiger partial charge in [0.15, 0.2) is 0 Å². The normalized spacial score (nSPS) is 12.9. The molecule has 3 heteroatoms. The fourth-order valence-electron chi connectivity index (χ4n) is 1.55. The predicted molar refractivity (Wildman–Crippen MR) is 66.0 cm³/mol. The fourth-order valence-corrected chi connectivity index (χ4v) is 2.15. The Hall–Kier alpha value is -0.0500. The standard InChI is InChI=1S/C11H15BrClN/c1-8-3-4-9(12)7-10(8)11(14-2)5-6-13/h3-4,7,11,14H,5-6H2,1-2H3. The summed E-state index contributed by atoms with van der Waals surface area (Å²) in [5, 5.41) is 3.28. The molecule has 0 aliphatic rings. The summed E-state index contributed by atoms with van der Waals surface area (Å²) in [4.78, 5) is 0. The van der Waals surface area contributed by atoms with Crippen LogP contribution in [0.25, 0.3) is 0 Å². The molecule has 0 radical (unpaired) electrons. The average molecular weight is 277 g/mol. The van der Waals surface area contributed by atoms with Gasteiger partial charge in [-0.2, -0.15) is 0 Å². The van der Waals surface area contributed by atoms with Crippen molar-refractivity contribution in [1.82, 2.24) is 5.32 Å². The largest absolute Gasteiger partial charge is 0.313 e. The van der Waals surface area contributed by atoms with Crippen LogP contribution in [0.1, 0.15) is 23.6 Å². The Labute approximate surface area is 99.0 Å². The molecule has 0 saturated heterocycles. The molecule has 0 amide bonds. The zero-order chi connectivity index (χ0) is 10.6. The van der Waals surface area contributed by atoms with Crippen molar-refractivity contribution < 1.29 is 0 Å². The molecule has 0 spiro atoms. The summed E-state index contributed by atoms with van der Waals surface area (Å²) < 4.78 is 1.12. The highest BCUT2D eigenvalue weighted by molar-refractivity contribution is 9.10. The van der Waals surface area contributed by atoms with Crippen molar-refractivity contribution in [3.8, 4) is 0 Å². The molecule has 1 atom stereocenters. The minimum absolute atomic E-state index is 0.352. The summed E-state index contributed by atoms with van der Waals surface area (Å²) in [6.45, 7) is 2.13. The third-order valence-corrected chi connectivity index (χ3v) is 3.07.